The molecule has 0 saturated carbocycles. The van der Waals surface area contributed by atoms with Crippen molar-refractivity contribution in [3.05, 3.63) is 92.9 Å². The monoisotopic (exact) mass is 564 g/mol. The van der Waals surface area contributed by atoms with Gasteiger partial charge in [-0.2, -0.15) is 0 Å². The fourth-order valence-electron chi connectivity index (χ4n) is 4.97. The molecular formula is C38H60O3. The Balaban J connectivity index is 2.34. The van der Waals surface area contributed by atoms with Gasteiger partial charge in [0.1, 0.15) is 11.9 Å². The molecule has 0 heterocycles. The number of ether oxygens (including phenoxy) is 1. The maximum atomic E-state index is 10.5. The van der Waals surface area contributed by atoms with Gasteiger partial charge >= 0.3 is 0 Å². The molecule has 0 radical (unpaired) electrons. The van der Waals surface area contributed by atoms with Crippen molar-refractivity contribution >= 4 is 0 Å². The topological polar surface area (TPSA) is 49.7 Å². The van der Waals surface area contributed by atoms with E-state index < -0.39 is 12.2 Å². The van der Waals surface area contributed by atoms with E-state index in [4.69, 9.17) is 4.74 Å². The quantitative estimate of drug-likeness (QED) is 0.163. The number of methoxy groups -OCH3 is 1. The highest BCUT2D eigenvalue weighted by Gasteiger charge is 2.26. The second kappa shape index (κ2) is 20.5. The molecule has 1 rings (SSSR count). The van der Waals surface area contributed by atoms with Crippen LogP contribution in [0.3, 0.4) is 0 Å². The zero-order valence-electron chi connectivity index (χ0n) is 27.8. The summed E-state index contributed by atoms with van der Waals surface area (Å²) in [7, 11) is 1.53. The molecule has 3 nitrogen and oxygen atoms in total. The van der Waals surface area contributed by atoms with Gasteiger partial charge in [-0.05, 0) is 143 Å². The predicted molar refractivity (Wildman–Crippen MR) is 179 cm³/mol. The van der Waals surface area contributed by atoms with Crippen LogP contribution in [0.4, 0.5) is 0 Å². The van der Waals surface area contributed by atoms with E-state index in [9.17, 15) is 10.2 Å². The van der Waals surface area contributed by atoms with Gasteiger partial charge < -0.3 is 14.9 Å². The molecular weight excluding hydrogens is 504 g/mol. The molecule has 0 bridgehead atoms. The Hall–Kier alpha value is -2.36. The summed E-state index contributed by atoms with van der Waals surface area (Å²) in [5.74, 6) is 0.429. The zero-order chi connectivity index (χ0) is 30.8. The molecule has 0 saturated heterocycles. The first-order valence-electron chi connectivity index (χ1n) is 15.7. The van der Waals surface area contributed by atoms with Gasteiger partial charge in [0.05, 0.1) is 13.2 Å². The number of hydrogen-bond acceptors (Lipinski definition) is 3. The van der Waals surface area contributed by atoms with Crippen LogP contribution in [0.15, 0.2) is 92.9 Å². The molecule has 0 aromatic carbocycles. The summed E-state index contributed by atoms with van der Waals surface area (Å²) in [4.78, 5) is 0. The number of hydrogen-bond donors (Lipinski definition) is 2. The van der Waals surface area contributed by atoms with Crippen LogP contribution in [0, 0.1) is 0 Å². The standard InChI is InChI=1S/C38H60O3/c1-28(2)15-10-16-29(3)17-11-18-30(4)19-12-20-31(5)21-13-22-32(6)23-14-24-33(7)25-26-35-34(8)36(39)27-37(41-9)38(35)40/h15,17,19,21,23,25,27,36,38-40H,10-14,16,18,20,22,24,26H2,1-9H3. The number of allylic oxidation sites excluding steroid dienone is 12. The molecule has 41 heavy (non-hydrogen) atoms. The van der Waals surface area contributed by atoms with Crippen molar-refractivity contribution in [3.8, 4) is 0 Å². The van der Waals surface area contributed by atoms with Crippen molar-refractivity contribution in [2.45, 2.75) is 138 Å². The lowest BCUT2D eigenvalue weighted by atomic mass is 9.89. The Morgan fingerprint density at radius 2 is 1.00 bits per heavy atom. The minimum Gasteiger partial charge on any atom is -0.498 e. The number of rotatable bonds is 18. The van der Waals surface area contributed by atoms with Crippen LogP contribution in [0.2, 0.25) is 0 Å². The lowest BCUT2D eigenvalue weighted by Crippen LogP contribution is -2.26. The molecule has 0 aliphatic heterocycles. The molecule has 3 heteroatoms. The van der Waals surface area contributed by atoms with E-state index >= 15 is 0 Å². The summed E-state index contributed by atoms with van der Waals surface area (Å²) in [6, 6.07) is 0. The molecule has 0 aromatic rings. The van der Waals surface area contributed by atoms with Gasteiger partial charge in [-0.25, -0.2) is 0 Å². The van der Waals surface area contributed by atoms with E-state index in [2.05, 4.69) is 84.9 Å². The first kappa shape index (κ1) is 36.7. The molecule has 0 spiro atoms. The maximum Gasteiger partial charge on any atom is 0.132 e. The van der Waals surface area contributed by atoms with Gasteiger partial charge in [0.2, 0.25) is 0 Å². The third kappa shape index (κ3) is 16.0. The highest BCUT2D eigenvalue weighted by molar-refractivity contribution is 5.36. The lowest BCUT2D eigenvalue weighted by molar-refractivity contribution is 0.133. The normalized spacial score (nSPS) is 19.5. The zero-order valence-corrected chi connectivity index (χ0v) is 27.8. The number of aliphatic hydroxyl groups is 2. The molecule has 1 aliphatic carbocycles. The van der Waals surface area contributed by atoms with Crippen molar-refractivity contribution < 1.29 is 14.9 Å². The molecule has 0 aromatic heterocycles. The molecule has 2 atom stereocenters. The van der Waals surface area contributed by atoms with Crippen LogP contribution in [-0.2, 0) is 4.74 Å². The Morgan fingerprint density at radius 3 is 1.37 bits per heavy atom. The van der Waals surface area contributed by atoms with Crippen molar-refractivity contribution in [2.75, 3.05) is 7.11 Å². The maximum absolute atomic E-state index is 10.5. The minimum absolute atomic E-state index is 0.429. The van der Waals surface area contributed by atoms with E-state index in [1.54, 1.807) is 6.08 Å². The van der Waals surface area contributed by atoms with E-state index in [0.29, 0.717) is 12.2 Å². The summed E-state index contributed by atoms with van der Waals surface area (Å²) in [5, 5.41) is 20.8. The smallest absolute Gasteiger partial charge is 0.132 e. The average Bonchev–Trinajstić information content (AvgIpc) is 2.90. The Kier molecular flexibility index (Phi) is 18.3. The predicted octanol–water partition coefficient (Wildman–Crippen LogP) is 10.6. The minimum atomic E-state index is -0.773. The van der Waals surface area contributed by atoms with Crippen molar-refractivity contribution in [2.24, 2.45) is 0 Å². The molecule has 230 valence electrons. The largest absolute Gasteiger partial charge is 0.498 e. The van der Waals surface area contributed by atoms with Crippen LogP contribution in [0.25, 0.3) is 0 Å². The Bertz CT molecular complexity index is 1050. The van der Waals surface area contributed by atoms with Gasteiger partial charge in [0, 0.05) is 0 Å². The molecule has 2 unspecified atom stereocenters. The third-order valence-electron chi connectivity index (χ3n) is 8.00. The van der Waals surface area contributed by atoms with Crippen LogP contribution >= 0.6 is 0 Å². The van der Waals surface area contributed by atoms with E-state index in [1.165, 1.54) is 47.0 Å². The third-order valence-corrected chi connectivity index (χ3v) is 8.00. The van der Waals surface area contributed by atoms with Crippen molar-refractivity contribution in [3.63, 3.8) is 0 Å². The Morgan fingerprint density at radius 1 is 0.634 bits per heavy atom. The van der Waals surface area contributed by atoms with E-state index in [0.717, 1.165) is 68.9 Å². The van der Waals surface area contributed by atoms with E-state index in [1.807, 2.05) is 6.92 Å². The van der Waals surface area contributed by atoms with Gasteiger partial charge in [0.15, 0.2) is 0 Å². The van der Waals surface area contributed by atoms with Crippen molar-refractivity contribution in [1.29, 1.82) is 0 Å². The molecule has 1 aliphatic rings. The van der Waals surface area contributed by atoms with Gasteiger partial charge in [-0.15, -0.1) is 0 Å². The Labute approximate surface area is 252 Å². The van der Waals surface area contributed by atoms with Crippen LogP contribution in [-0.4, -0.2) is 29.5 Å². The average molecular weight is 565 g/mol. The summed E-state index contributed by atoms with van der Waals surface area (Å²) < 4.78 is 5.24. The molecule has 0 amide bonds. The van der Waals surface area contributed by atoms with Gasteiger partial charge in [-0.3, -0.25) is 0 Å². The van der Waals surface area contributed by atoms with E-state index in [-0.39, 0.29) is 0 Å². The number of aliphatic hydroxyl groups excluding tert-OH is 2. The first-order chi connectivity index (χ1) is 19.4. The second-order valence-electron chi connectivity index (χ2n) is 12.3. The fraction of sp³-hybridized carbons (Fsp3) is 0.579. The molecule has 2 N–H and O–H groups in total. The van der Waals surface area contributed by atoms with Gasteiger partial charge in [0.25, 0.3) is 0 Å². The highest BCUT2D eigenvalue weighted by atomic mass is 16.5. The summed E-state index contributed by atoms with van der Waals surface area (Å²) in [6.07, 6.45) is 26.0. The van der Waals surface area contributed by atoms with Crippen LogP contribution < -0.4 is 0 Å². The lowest BCUT2D eigenvalue weighted by Gasteiger charge is -2.26. The van der Waals surface area contributed by atoms with Crippen LogP contribution in [0.1, 0.15) is 126 Å². The fourth-order valence-corrected chi connectivity index (χ4v) is 4.97. The summed E-state index contributed by atoms with van der Waals surface area (Å²) in [5.41, 5.74) is 10.3. The first-order valence-corrected chi connectivity index (χ1v) is 15.7. The van der Waals surface area contributed by atoms with Gasteiger partial charge in [-0.1, -0.05) is 69.9 Å². The SMILES string of the molecule is COC1=CC(O)C(C)=C(CC=C(C)CCC=C(C)CCC=C(C)CCC=C(C)CCC=C(C)CCC=C(C)C)C1O. The summed E-state index contributed by atoms with van der Waals surface area (Å²) in [6.45, 7) is 17.4. The molecule has 0 fully saturated rings. The second-order valence-corrected chi connectivity index (χ2v) is 12.3. The van der Waals surface area contributed by atoms with Crippen molar-refractivity contribution in [1.82, 2.24) is 0 Å². The summed E-state index contributed by atoms with van der Waals surface area (Å²) >= 11 is 0. The van der Waals surface area contributed by atoms with Crippen LogP contribution in [0.5, 0.6) is 0 Å². The highest BCUT2D eigenvalue weighted by Crippen LogP contribution is 2.29.